The van der Waals surface area contributed by atoms with Crippen LogP contribution < -0.4 is 4.74 Å². The average molecular weight is 202 g/mol. The minimum Gasteiger partial charge on any atom is -0.481 e. The third kappa shape index (κ3) is 2.59. The van der Waals surface area contributed by atoms with Gasteiger partial charge >= 0.3 is 5.97 Å². The van der Waals surface area contributed by atoms with Gasteiger partial charge < -0.3 is 9.84 Å². The number of methoxy groups -OCH3 is 1. The van der Waals surface area contributed by atoms with Gasteiger partial charge in [0.05, 0.1) is 13.5 Å². The van der Waals surface area contributed by atoms with E-state index < -0.39 is 5.97 Å². The number of aliphatic carboxylic acids is 1. The number of hydrogen-bond acceptors (Lipinski definition) is 3. The SMILES string of the molecule is COc1ccc(CC(=O)O)c(Cl)n1. The Labute approximate surface area is 80.1 Å². The summed E-state index contributed by atoms with van der Waals surface area (Å²) in [5.41, 5.74) is 0.481. The van der Waals surface area contributed by atoms with E-state index in [0.29, 0.717) is 11.4 Å². The highest BCUT2D eigenvalue weighted by Crippen LogP contribution is 2.17. The van der Waals surface area contributed by atoms with Crippen LogP contribution in [0.3, 0.4) is 0 Å². The van der Waals surface area contributed by atoms with Gasteiger partial charge in [-0.3, -0.25) is 4.79 Å². The maximum Gasteiger partial charge on any atom is 0.307 e. The smallest absolute Gasteiger partial charge is 0.307 e. The van der Waals surface area contributed by atoms with Gasteiger partial charge in [0.15, 0.2) is 0 Å². The molecule has 0 spiro atoms. The van der Waals surface area contributed by atoms with Crippen LogP contribution in [0, 0.1) is 0 Å². The van der Waals surface area contributed by atoms with E-state index in [1.807, 2.05) is 0 Å². The molecule has 13 heavy (non-hydrogen) atoms. The Balaban J connectivity index is 2.91. The van der Waals surface area contributed by atoms with Crippen LogP contribution in [0.15, 0.2) is 12.1 Å². The molecule has 1 aromatic heterocycles. The average Bonchev–Trinajstić information content (AvgIpc) is 2.08. The van der Waals surface area contributed by atoms with Crippen molar-refractivity contribution >= 4 is 17.6 Å². The van der Waals surface area contributed by atoms with Gasteiger partial charge in [0.1, 0.15) is 5.15 Å². The van der Waals surface area contributed by atoms with E-state index in [4.69, 9.17) is 21.4 Å². The molecule has 1 heterocycles. The van der Waals surface area contributed by atoms with Gasteiger partial charge in [-0.2, -0.15) is 0 Å². The zero-order chi connectivity index (χ0) is 9.84. The molecule has 0 fully saturated rings. The second kappa shape index (κ2) is 4.09. The first kappa shape index (κ1) is 9.80. The number of nitrogens with zero attached hydrogens (tertiary/aromatic N) is 1. The first-order valence-corrected chi connectivity index (χ1v) is 3.92. The molecule has 0 saturated heterocycles. The van der Waals surface area contributed by atoms with Gasteiger partial charge in [0.2, 0.25) is 5.88 Å². The third-order valence-corrected chi connectivity index (χ3v) is 1.78. The lowest BCUT2D eigenvalue weighted by Gasteiger charge is -2.02. The highest BCUT2D eigenvalue weighted by molar-refractivity contribution is 6.30. The van der Waals surface area contributed by atoms with Crippen LogP contribution in [0.25, 0.3) is 0 Å². The number of aromatic nitrogens is 1. The number of carboxylic acids is 1. The van der Waals surface area contributed by atoms with E-state index in [1.165, 1.54) is 7.11 Å². The predicted molar refractivity (Wildman–Crippen MR) is 47.1 cm³/mol. The van der Waals surface area contributed by atoms with Crippen molar-refractivity contribution in [1.82, 2.24) is 4.98 Å². The Bertz CT molecular complexity index is 327. The molecule has 5 heteroatoms. The van der Waals surface area contributed by atoms with Crippen LogP contribution >= 0.6 is 11.6 Å². The summed E-state index contributed by atoms with van der Waals surface area (Å²) in [4.78, 5) is 14.2. The van der Waals surface area contributed by atoms with Crippen LogP contribution in [0.1, 0.15) is 5.56 Å². The van der Waals surface area contributed by atoms with Crippen LogP contribution in [0.5, 0.6) is 5.88 Å². The molecule has 1 N–H and O–H groups in total. The molecule has 0 radical (unpaired) electrons. The summed E-state index contributed by atoms with van der Waals surface area (Å²) in [5, 5.41) is 8.67. The standard InChI is InChI=1S/C8H8ClNO3/c1-13-6-3-2-5(4-7(11)12)8(9)10-6/h2-3H,4H2,1H3,(H,11,12). The molecule has 0 amide bonds. The molecule has 1 rings (SSSR count). The number of carboxylic acid groups (broad SMARTS) is 1. The quantitative estimate of drug-likeness (QED) is 0.751. The van der Waals surface area contributed by atoms with Crippen LogP contribution in [-0.2, 0) is 11.2 Å². The van der Waals surface area contributed by atoms with Gasteiger partial charge in [-0.25, -0.2) is 4.98 Å². The van der Waals surface area contributed by atoms with E-state index in [9.17, 15) is 4.79 Å². The topological polar surface area (TPSA) is 59.4 Å². The van der Waals surface area contributed by atoms with Gasteiger partial charge in [0.25, 0.3) is 0 Å². The molecule has 0 aliphatic heterocycles. The minimum atomic E-state index is -0.936. The molecule has 1 aromatic rings. The minimum absolute atomic E-state index is 0.129. The molecule has 0 aliphatic rings. The van der Waals surface area contributed by atoms with E-state index in [1.54, 1.807) is 12.1 Å². The summed E-state index contributed by atoms with van der Waals surface area (Å²) >= 11 is 5.70. The van der Waals surface area contributed by atoms with Gasteiger partial charge in [-0.05, 0) is 0 Å². The fraction of sp³-hybridized carbons (Fsp3) is 0.250. The Kier molecular flexibility index (Phi) is 3.08. The van der Waals surface area contributed by atoms with Gasteiger partial charge in [0, 0.05) is 11.6 Å². The molecule has 0 atom stereocenters. The first-order valence-electron chi connectivity index (χ1n) is 3.54. The molecule has 70 valence electrons. The number of hydrogen-bond donors (Lipinski definition) is 1. The maximum atomic E-state index is 10.4. The van der Waals surface area contributed by atoms with E-state index in [0.717, 1.165) is 0 Å². The van der Waals surface area contributed by atoms with Crippen LogP contribution in [0.2, 0.25) is 5.15 Å². The van der Waals surface area contributed by atoms with Crippen LogP contribution in [-0.4, -0.2) is 23.2 Å². The zero-order valence-electron chi connectivity index (χ0n) is 6.95. The van der Waals surface area contributed by atoms with Crippen molar-refractivity contribution < 1.29 is 14.6 Å². The monoisotopic (exact) mass is 201 g/mol. The summed E-state index contributed by atoms with van der Waals surface area (Å²) in [7, 11) is 1.47. The molecular weight excluding hydrogens is 194 g/mol. The molecule has 0 bridgehead atoms. The zero-order valence-corrected chi connectivity index (χ0v) is 7.71. The summed E-state index contributed by atoms with van der Waals surface area (Å²) in [6, 6.07) is 3.16. The molecular formula is C8H8ClNO3. The number of pyridine rings is 1. The lowest BCUT2D eigenvalue weighted by atomic mass is 10.2. The van der Waals surface area contributed by atoms with Gasteiger partial charge in [-0.15, -0.1) is 0 Å². The van der Waals surface area contributed by atoms with E-state index >= 15 is 0 Å². The highest BCUT2D eigenvalue weighted by Gasteiger charge is 2.07. The summed E-state index contributed by atoms with van der Waals surface area (Å²) in [6.45, 7) is 0. The fourth-order valence-corrected chi connectivity index (χ4v) is 1.07. The lowest BCUT2D eigenvalue weighted by molar-refractivity contribution is -0.136. The van der Waals surface area contributed by atoms with Crippen molar-refractivity contribution in [2.24, 2.45) is 0 Å². The second-order valence-electron chi connectivity index (χ2n) is 2.37. The van der Waals surface area contributed by atoms with Crippen molar-refractivity contribution in [1.29, 1.82) is 0 Å². The van der Waals surface area contributed by atoms with E-state index in [-0.39, 0.29) is 11.6 Å². The largest absolute Gasteiger partial charge is 0.481 e. The molecule has 0 unspecified atom stereocenters. The van der Waals surface area contributed by atoms with Crippen molar-refractivity contribution in [3.05, 3.63) is 22.8 Å². The highest BCUT2D eigenvalue weighted by atomic mass is 35.5. The molecule has 0 aliphatic carbocycles. The normalized spacial score (nSPS) is 9.69. The van der Waals surface area contributed by atoms with E-state index in [2.05, 4.69) is 4.98 Å². The number of halogens is 1. The summed E-state index contributed by atoms with van der Waals surface area (Å²) < 4.78 is 4.81. The van der Waals surface area contributed by atoms with Gasteiger partial charge in [-0.1, -0.05) is 17.7 Å². The number of ether oxygens (including phenoxy) is 1. The Morgan fingerprint density at radius 2 is 2.38 bits per heavy atom. The van der Waals surface area contributed by atoms with Crippen molar-refractivity contribution in [2.45, 2.75) is 6.42 Å². The predicted octanol–water partition coefficient (Wildman–Crippen LogP) is 1.37. The first-order chi connectivity index (χ1) is 6.13. The van der Waals surface area contributed by atoms with Crippen molar-refractivity contribution in [3.8, 4) is 5.88 Å². The Morgan fingerprint density at radius 1 is 1.69 bits per heavy atom. The summed E-state index contributed by atoms with van der Waals surface area (Å²) in [5.74, 6) is -0.562. The third-order valence-electron chi connectivity index (χ3n) is 1.45. The number of carbonyl (C=O) groups is 1. The van der Waals surface area contributed by atoms with Crippen molar-refractivity contribution in [3.63, 3.8) is 0 Å². The fourth-order valence-electron chi connectivity index (χ4n) is 0.855. The Morgan fingerprint density at radius 3 is 2.85 bits per heavy atom. The molecule has 0 aromatic carbocycles. The summed E-state index contributed by atoms with van der Waals surface area (Å²) in [6.07, 6.45) is -0.129. The Hall–Kier alpha value is -1.29. The second-order valence-corrected chi connectivity index (χ2v) is 2.73. The van der Waals surface area contributed by atoms with Crippen LogP contribution in [0.4, 0.5) is 0 Å². The maximum absolute atomic E-state index is 10.4. The molecule has 0 saturated carbocycles. The molecule has 4 nitrogen and oxygen atoms in total. The van der Waals surface area contributed by atoms with Crippen molar-refractivity contribution in [2.75, 3.05) is 7.11 Å². The number of rotatable bonds is 3. The lowest BCUT2D eigenvalue weighted by Crippen LogP contribution is -2.02.